The first-order valence-corrected chi connectivity index (χ1v) is 8.09. The van der Waals surface area contributed by atoms with Crippen molar-refractivity contribution in [1.29, 1.82) is 0 Å². The van der Waals surface area contributed by atoms with Gasteiger partial charge in [0, 0.05) is 5.54 Å². The molecule has 0 bridgehead atoms. The van der Waals surface area contributed by atoms with Gasteiger partial charge in [0.25, 0.3) is 0 Å². The second-order valence-electron chi connectivity index (χ2n) is 3.75. The molecule has 0 aromatic carbocycles. The van der Waals surface area contributed by atoms with E-state index < -0.39 is 8.07 Å². The summed E-state index contributed by atoms with van der Waals surface area (Å²) in [6.07, 6.45) is 1.24. The van der Waals surface area contributed by atoms with E-state index in [0.29, 0.717) is 0 Å². The highest BCUT2D eigenvalue weighted by Crippen LogP contribution is 2.33. The molecule has 0 amide bonds. The summed E-state index contributed by atoms with van der Waals surface area (Å²) in [5.74, 6) is -0.0998. The summed E-state index contributed by atoms with van der Waals surface area (Å²) in [5.41, 5.74) is 0.0838. The molecule has 0 saturated carbocycles. The fourth-order valence-corrected chi connectivity index (χ4v) is 6.01. The number of carbonyl (C=O) groups excluding carboxylic acids is 1. The monoisotopic (exact) mass is 214 g/mol. The fourth-order valence-electron chi connectivity index (χ4n) is 2.10. The Morgan fingerprint density at radius 2 is 1.79 bits per heavy atom. The second kappa shape index (κ2) is 6.01. The van der Waals surface area contributed by atoms with Crippen LogP contribution in [0.2, 0.25) is 23.7 Å². The van der Waals surface area contributed by atoms with E-state index in [2.05, 4.69) is 27.4 Å². The molecule has 0 spiro atoms. The second-order valence-corrected chi connectivity index (χ2v) is 9.46. The van der Waals surface area contributed by atoms with Gasteiger partial charge >= 0.3 is 5.97 Å². The maximum Gasteiger partial charge on any atom is 0.310 e. The maximum absolute atomic E-state index is 11.6. The first-order chi connectivity index (χ1) is 6.57. The van der Waals surface area contributed by atoms with Crippen molar-refractivity contribution in [3.05, 3.63) is 12.8 Å². The molecule has 0 aromatic rings. The highest BCUT2D eigenvalue weighted by molar-refractivity contribution is 6.83. The molecule has 0 radical (unpaired) electrons. The van der Waals surface area contributed by atoms with Gasteiger partial charge in [-0.3, -0.25) is 4.79 Å². The summed E-state index contributed by atoms with van der Waals surface area (Å²) >= 11 is 0. The molecule has 82 valence electrons. The number of rotatable bonds is 6. The van der Waals surface area contributed by atoms with Gasteiger partial charge in [-0.25, -0.2) is 0 Å². The molecule has 0 N–H and O–H groups in total. The minimum Gasteiger partial charge on any atom is -0.435 e. The standard InChI is InChI=1S/C11H22O2Si/c1-6-13-11(12)10(5)14(7-2,8-3)9-4/h6,10H,1,7-9H2,2-5H3. The first-order valence-electron chi connectivity index (χ1n) is 5.39. The zero-order chi connectivity index (χ0) is 11.2. The third-order valence-corrected chi connectivity index (χ3v) is 9.88. The molecule has 1 unspecified atom stereocenters. The van der Waals surface area contributed by atoms with Crippen LogP contribution in [0.4, 0.5) is 0 Å². The molecule has 0 aliphatic rings. The Bertz CT molecular complexity index is 189. The van der Waals surface area contributed by atoms with Crippen molar-refractivity contribution in [2.24, 2.45) is 0 Å². The van der Waals surface area contributed by atoms with Crippen LogP contribution in [0.3, 0.4) is 0 Å². The molecule has 0 aliphatic carbocycles. The van der Waals surface area contributed by atoms with E-state index in [1.807, 2.05) is 6.92 Å². The van der Waals surface area contributed by atoms with Gasteiger partial charge in [-0.1, -0.05) is 52.4 Å². The zero-order valence-electron chi connectivity index (χ0n) is 9.80. The lowest BCUT2D eigenvalue weighted by atomic mass is 10.5. The predicted octanol–water partition coefficient (Wildman–Crippen LogP) is 3.57. The van der Waals surface area contributed by atoms with Gasteiger partial charge in [0.05, 0.1) is 14.3 Å². The van der Waals surface area contributed by atoms with Gasteiger partial charge in [0.2, 0.25) is 0 Å². The molecule has 1 atom stereocenters. The Labute approximate surface area is 88.4 Å². The van der Waals surface area contributed by atoms with Crippen LogP contribution in [-0.2, 0) is 9.53 Å². The van der Waals surface area contributed by atoms with Gasteiger partial charge in [-0.2, -0.15) is 0 Å². The van der Waals surface area contributed by atoms with Crippen LogP contribution in [-0.4, -0.2) is 14.0 Å². The number of ether oxygens (including phenoxy) is 1. The van der Waals surface area contributed by atoms with Gasteiger partial charge < -0.3 is 4.74 Å². The van der Waals surface area contributed by atoms with Crippen LogP contribution in [0.1, 0.15) is 27.7 Å². The van der Waals surface area contributed by atoms with E-state index >= 15 is 0 Å². The summed E-state index contributed by atoms with van der Waals surface area (Å²) < 4.78 is 4.87. The summed E-state index contributed by atoms with van der Waals surface area (Å²) in [7, 11) is -1.44. The average Bonchev–Trinajstić information content (AvgIpc) is 2.21. The zero-order valence-corrected chi connectivity index (χ0v) is 10.8. The SMILES string of the molecule is C=COC(=O)C(C)[Si](CC)(CC)CC. The fraction of sp³-hybridized carbons (Fsp3) is 0.727. The van der Waals surface area contributed by atoms with Crippen molar-refractivity contribution in [3.8, 4) is 0 Å². The van der Waals surface area contributed by atoms with Crippen molar-refractivity contribution in [2.75, 3.05) is 0 Å². The third-order valence-electron chi connectivity index (χ3n) is 3.58. The van der Waals surface area contributed by atoms with E-state index in [4.69, 9.17) is 4.74 Å². The van der Waals surface area contributed by atoms with Crippen molar-refractivity contribution in [1.82, 2.24) is 0 Å². The van der Waals surface area contributed by atoms with Crippen LogP contribution in [0.25, 0.3) is 0 Å². The largest absolute Gasteiger partial charge is 0.435 e. The molecular formula is C11H22O2Si. The highest BCUT2D eigenvalue weighted by atomic mass is 28.3. The minimum atomic E-state index is -1.44. The quantitative estimate of drug-likeness (QED) is 0.384. The lowest BCUT2D eigenvalue weighted by molar-refractivity contribution is -0.137. The van der Waals surface area contributed by atoms with Crippen molar-refractivity contribution >= 4 is 14.0 Å². The number of esters is 1. The first kappa shape index (κ1) is 13.4. The number of carbonyl (C=O) groups is 1. The molecule has 0 saturated heterocycles. The van der Waals surface area contributed by atoms with E-state index in [0.717, 1.165) is 18.1 Å². The molecule has 3 heteroatoms. The number of hydrogen-bond acceptors (Lipinski definition) is 2. The third kappa shape index (κ3) is 2.71. The van der Waals surface area contributed by atoms with Crippen molar-refractivity contribution in [3.63, 3.8) is 0 Å². The van der Waals surface area contributed by atoms with Crippen LogP contribution in [0.15, 0.2) is 12.8 Å². The minimum absolute atomic E-state index is 0.0838. The smallest absolute Gasteiger partial charge is 0.310 e. The Kier molecular flexibility index (Phi) is 5.77. The van der Waals surface area contributed by atoms with E-state index in [9.17, 15) is 4.79 Å². The Morgan fingerprint density at radius 1 is 1.36 bits per heavy atom. The Balaban J connectivity index is 4.65. The summed E-state index contributed by atoms with van der Waals surface area (Å²) in [6.45, 7) is 12.0. The topological polar surface area (TPSA) is 26.3 Å². The van der Waals surface area contributed by atoms with Gasteiger partial charge in [0.15, 0.2) is 0 Å². The van der Waals surface area contributed by atoms with E-state index in [-0.39, 0.29) is 11.5 Å². The predicted molar refractivity (Wildman–Crippen MR) is 62.9 cm³/mol. The van der Waals surface area contributed by atoms with Crippen molar-refractivity contribution < 1.29 is 9.53 Å². The van der Waals surface area contributed by atoms with Crippen LogP contribution in [0.5, 0.6) is 0 Å². The van der Waals surface area contributed by atoms with Crippen LogP contribution < -0.4 is 0 Å². The number of hydrogen-bond donors (Lipinski definition) is 0. The molecule has 0 fully saturated rings. The van der Waals surface area contributed by atoms with Gasteiger partial charge in [-0.05, 0) is 0 Å². The lowest BCUT2D eigenvalue weighted by Crippen LogP contribution is -2.40. The van der Waals surface area contributed by atoms with Crippen LogP contribution >= 0.6 is 0 Å². The highest BCUT2D eigenvalue weighted by Gasteiger charge is 2.38. The average molecular weight is 214 g/mol. The van der Waals surface area contributed by atoms with Gasteiger partial charge in [0.1, 0.15) is 0 Å². The normalized spacial score (nSPS) is 13.4. The summed E-state index contributed by atoms with van der Waals surface area (Å²) in [5, 5.41) is 0. The van der Waals surface area contributed by atoms with E-state index in [1.54, 1.807) is 0 Å². The molecule has 0 aromatic heterocycles. The summed E-state index contributed by atoms with van der Waals surface area (Å²) in [4.78, 5) is 11.6. The van der Waals surface area contributed by atoms with Crippen molar-refractivity contribution in [2.45, 2.75) is 51.4 Å². The lowest BCUT2D eigenvalue weighted by Gasteiger charge is -2.32. The Morgan fingerprint density at radius 3 is 2.07 bits per heavy atom. The molecule has 2 nitrogen and oxygen atoms in total. The maximum atomic E-state index is 11.6. The van der Waals surface area contributed by atoms with Crippen LogP contribution in [0, 0.1) is 0 Å². The molecule has 0 aliphatic heterocycles. The molecule has 0 heterocycles. The molecular weight excluding hydrogens is 192 g/mol. The van der Waals surface area contributed by atoms with Gasteiger partial charge in [-0.15, -0.1) is 0 Å². The van der Waals surface area contributed by atoms with E-state index in [1.165, 1.54) is 6.26 Å². The Hall–Kier alpha value is -0.573. The summed E-state index contributed by atoms with van der Waals surface area (Å²) in [6, 6.07) is 3.44. The molecule has 0 rings (SSSR count). The molecule has 14 heavy (non-hydrogen) atoms.